The molecule has 1 heterocycles. The van der Waals surface area contributed by atoms with Crippen LogP contribution in [0.15, 0.2) is 16.5 Å². The minimum absolute atomic E-state index is 0.172. The summed E-state index contributed by atoms with van der Waals surface area (Å²) in [5.41, 5.74) is 10.8. The second kappa shape index (κ2) is 7.13. The average molecular weight is 252 g/mol. The highest BCUT2D eigenvalue weighted by atomic mass is 16.5. The summed E-state index contributed by atoms with van der Waals surface area (Å²) >= 11 is 0. The van der Waals surface area contributed by atoms with E-state index in [-0.39, 0.29) is 11.4 Å². The molecule has 0 amide bonds. The number of morpholine rings is 1. The monoisotopic (exact) mass is 252 g/mol. The van der Waals surface area contributed by atoms with Crippen LogP contribution >= 0.6 is 0 Å². The summed E-state index contributed by atoms with van der Waals surface area (Å²) in [5.74, 6) is -1.03. The number of hydrogen-bond donors (Lipinski definition) is 1. The van der Waals surface area contributed by atoms with Gasteiger partial charge >= 0.3 is 5.97 Å². The molecule has 1 aliphatic rings. The molecule has 96 valence electrons. The number of hydrazine groups is 1. The summed E-state index contributed by atoms with van der Waals surface area (Å²) in [7, 11) is 1.14. The van der Waals surface area contributed by atoms with Gasteiger partial charge in [-0.1, -0.05) is 0 Å². The molecule has 0 aliphatic carbocycles. The van der Waals surface area contributed by atoms with Crippen LogP contribution in [0.25, 0.3) is 10.4 Å². The van der Waals surface area contributed by atoms with E-state index in [1.54, 1.807) is 11.1 Å². The highest BCUT2D eigenvalue weighted by Crippen LogP contribution is 2.07. The number of rotatable bonds is 4. The number of nitrogens with zero attached hydrogens (tertiary/aromatic N) is 5. The van der Waals surface area contributed by atoms with E-state index in [2.05, 4.69) is 20.2 Å². The Balaban J connectivity index is 2.92. The average Bonchev–Trinajstić information content (AvgIpc) is 2.40. The maximum atomic E-state index is 11.3. The van der Waals surface area contributed by atoms with Gasteiger partial charge in [0.25, 0.3) is 0 Å². The quantitative estimate of drug-likeness (QED) is 0.188. The van der Waals surface area contributed by atoms with Crippen LogP contribution in [-0.4, -0.2) is 44.4 Å². The van der Waals surface area contributed by atoms with Crippen LogP contribution in [-0.2, 0) is 14.3 Å². The molecule has 0 unspecified atom stereocenters. The first-order valence-corrected chi connectivity index (χ1v) is 5.10. The van der Waals surface area contributed by atoms with Crippen LogP contribution < -0.4 is 5.43 Å². The zero-order valence-electron chi connectivity index (χ0n) is 9.79. The number of azide groups is 1. The fourth-order valence-corrected chi connectivity index (χ4v) is 1.30. The van der Waals surface area contributed by atoms with Crippen molar-refractivity contribution in [3.63, 3.8) is 0 Å². The summed E-state index contributed by atoms with van der Waals surface area (Å²) in [6.07, 6.45) is 0. The van der Waals surface area contributed by atoms with E-state index >= 15 is 0 Å². The van der Waals surface area contributed by atoms with Crippen LogP contribution in [0.3, 0.4) is 0 Å². The maximum absolute atomic E-state index is 11.3. The molecule has 0 bridgehead atoms. The van der Waals surface area contributed by atoms with Gasteiger partial charge in [-0.3, -0.25) is 0 Å². The van der Waals surface area contributed by atoms with E-state index in [1.807, 2.05) is 0 Å². The normalized spacial score (nSPS) is 16.9. The van der Waals surface area contributed by atoms with Crippen LogP contribution in [0.5, 0.6) is 0 Å². The number of methoxy groups -OCH3 is 1. The van der Waals surface area contributed by atoms with Gasteiger partial charge < -0.3 is 14.9 Å². The molecular weight excluding hydrogens is 240 g/mol. The number of carbonyl (C=O) groups excluding carboxylic acids is 1. The van der Waals surface area contributed by atoms with Crippen molar-refractivity contribution in [3.8, 4) is 6.07 Å². The molecular formula is C9H12N6O3. The topological polar surface area (TPSA) is 123 Å². The summed E-state index contributed by atoms with van der Waals surface area (Å²) in [6, 6.07) is 1.65. The number of esters is 1. The molecule has 0 radical (unpaired) electrons. The molecule has 0 aromatic heterocycles. The van der Waals surface area contributed by atoms with Gasteiger partial charge in [0.2, 0.25) is 0 Å². The van der Waals surface area contributed by atoms with Crippen molar-refractivity contribution in [1.82, 2.24) is 10.4 Å². The van der Waals surface area contributed by atoms with Gasteiger partial charge in [0.1, 0.15) is 11.9 Å². The Kier molecular flexibility index (Phi) is 5.47. The van der Waals surface area contributed by atoms with Crippen molar-refractivity contribution in [2.45, 2.75) is 0 Å². The predicted octanol–water partition coefficient (Wildman–Crippen LogP) is 0.0417. The number of hydrogen-bond acceptors (Lipinski definition) is 7. The van der Waals surface area contributed by atoms with E-state index in [0.29, 0.717) is 26.3 Å². The lowest BCUT2D eigenvalue weighted by Gasteiger charge is -2.28. The third-order valence-corrected chi connectivity index (χ3v) is 2.16. The second-order valence-electron chi connectivity index (χ2n) is 3.23. The van der Waals surface area contributed by atoms with Gasteiger partial charge in [0.15, 0.2) is 5.57 Å². The van der Waals surface area contributed by atoms with Gasteiger partial charge in [0, 0.05) is 18.0 Å². The predicted molar refractivity (Wildman–Crippen MR) is 59.3 cm³/mol. The molecule has 1 rings (SSSR count). The third-order valence-electron chi connectivity index (χ3n) is 2.16. The van der Waals surface area contributed by atoms with Crippen molar-refractivity contribution < 1.29 is 14.3 Å². The molecule has 0 saturated carbocycles. The van der Waals surface area contributed by atoms with Gasteiger partial charge in [-0.05, 0) is 10.6 Å². The summed E-state index contributed by atoms with van der Waals surface area (Å²) in [5, 5.41) is 13.9. The zero-order valence-corrected chi connectivity index (χ0v) is 9.79. The Labute approximate surface area is 103 Å². The Hall–Kier alpha value is -2.27. The van der Waals surface area contributed by atoms with Crippen molar-refractivity contribution in [2.24, 2.45) is 5.11 Å². The Morgan fingerprint density at radius 1 is 1.61 bits per heavy atom. The molecule has 1 fully saturated rings. The van der Waals surface area contributed by atoms with E-state index in [0.717, 1.165) is 7.11 Å². The Morgan fingerprint density at radius 3 is 2.78 bits per heavy atom. The lowest BCUT2D eigenvalue weighted by atomic mass is 10.3. The fourth-order valence-electron chi connectivity index (χ4n) is 1.30. The van der Waals surface area contributed by atoms with Gasteiger partial charge in [-0.2, -0.15) is 5.26 Å². The maximum Gasteiger partial charge on any atom is 0.350 e. The summed E-state index contributed by atoms with van der Waals surface area (Å²) in [4.78, 5) is 13.9. The number of nitriles is 1. The number of carbonyl (C=O) groups is 1. The van der Waals surface area contributed by atoms with Gasteiger partial charge in [-0.25, -0.2) is 9.80 Å². The van der Waals surface area contributed by atoms with Gasteiger partial charge in [-0.15, -0.1) is 0 Å². The van der Waals surface area contributed by atoms with Crippen LogP contribution in [0.2, 0.25) is 0 Å². The minimum atomic E-state index is -0.861. The van der Waals surface area contributed by atoms with E-state index in [9.17, 15) is 4.79 Å². The van der Waals surface area contributed by atoms with Crippen molar-refractivity contribution in [3.05, 3.63) is 21.8 Å². The van der Waals surface area contributed by atoms with Gasteiger partial charge in [0.05, 0.1) is 20.3 Å². The molecule has 1 aliphatic heterocycles. The molecule has 9 heteroatoms. The highest BCUT2D eigenvalue weighted by molar-refractivity contribution is 5.93. The number of nitrogens with one attached hydrogen (secondary N) is 1. The van der Waals surface area contributed by atoms with E-state index in [1.165, 1.54) is 0 Å². The van der Waals surface area contributed by atoms with E-state index < -0.39 is 5.97 Å². The molecule has 0 spiro atoms. The minimum Gasteiger partial charge on any atom is -0.465 e. The molecule has 1 N–H and O–H groups in total. The second-order valence-corrected chi connectivity index (χ2v) is 3.23. The SMILES string of the molecule is COC(=O)/C(C#N)=C(/N=[N+]=[N-])NN1CCOCC1. The lowest BCUT2D eigenvalue weighted by Crippen LogP contribution is -2.45. The highest BCUT2D eigenvalue weighted by Gasteiger charge is 2.18. The van der Waals surface area contributed by atoms with Crippen LogP contribution in [0, 0.1) is 11.3 Å². The molecule has 9 nitrogen and oxygen atoms in total. The third kappa shape index (κ3) is 3.64. The first kappa shape index (κ1) is 13.8. The van der Waals surface area contributed by atoms with Crippen LogP contribution in [0.4, 0.5) is 0 Å². The van der Waals surface area contributed by atoms with Crippen molar-refractivity contribution in [2.75, 3.05) is 33.4 Å². The molecule has 1 saturated heterocycles. The standard InChI is InChI=1S/C9H12N6O3/c1-17-9(16)7(6-10)8(12-14-11)13-15-2-4-18-5-3-15/h13H,2-5H2,1H3/b8-7-. The largest absolute Gasteiger partial charge is 0.465 e. The summed E-state index contributed by atoms with van der Waals surface area (Å²) < 4.78 is 9.57. The molecule has 0 aromatic rings. The smallest absolute Gasteiger partial charge is 0.350 e. The lowest BCUT2D eigenvalue weighted by molar-refractivity contribution is -0.135. The Bertz CT molecular complexity index is 428. The molecule has 18 heavy (non-hydrogen) atoms. The Morgan fingerprint density at radius 2 is 2.28 bits per heavy atom. The first-order chi connectivity index (χ1) is 8.72. The fraction of sp³-hybridized carbons (Fsp3) is 0.556. The van der Waals surface area contributed by atoms with Crippen molar-refractivity contribution in [1.29, 1.82) is 5.26 Å². The molecule has 0 aromatic carbocycles. The molecule has 0 atom stereocenters. The zero-order chi connectivity index (χ0) is 13.4. The first-order valence-electron chi connectivity index (χ1n) is 5.10. The summed E-state index contributed by atoms with van der Waals surface area (Å²) in [6.45, 7) is 2.11. The van der Waals surface area contributed by atoms with Crippen LogP contribution in [0.1, 0.15) is 0 Å². The van der Waals surface area contributed by atoms with E-state index in [4.69, 9.17) is 15.5 Å². The van der Waals surface area contributed by atoms with Crippen molar-refractivity contribution >= 4 is 5.97 Å². The number of ether oxygens (including phenoxy) is 2.